The molecule has 1 aromatic carbocycles. The van der Waals surface area contributed by atoms with Crippen molar-refractivity contribution in [2.24, 2.45) is 17.6 Å². The smallest absolute Gasteiger partial charge is 0.255 e. The van der Waals surface area contributed by atoms with E-state index in [9.17, 15) is 39.9 Å². The zero-order chi connectivity index (χ0) is 27.4. The molecule has 0 aromatic heterocycles. The molecule has 0 unspecified atom stereocenters. The molecule has 0 radical (unpaired) electrons. The summed E-state index contributed by atoms with van der Waals surface area (Å²) in [6.07, 6.45) is 3.85. The van der Waals surface area contributed by atoms with Crippen LogP contribution in [0.4, 0.5) is 0 Å². The molecule has 10 nitrogen and oxygen atoms in total. The van der Waals surface area contributed by atoms with Crippen LogP contribution in [0, 0.1) is 11.8 Å². The first-order chi connectivity index (χ1) is 17.4. The standard InChI is InChI=1S/C27H32N2O8/c1-4-5-6-14(30)9-12-7-8-17(31)19-15(12)10-13-11-16-21(29(2)3)23(33)20(26(28)36)25(35)27(16,37)24(34)18(13)22(19)32/h7-9,13,16,21,30-32,35,37H,4-6,10-11H2,1-3H3,(H2,28,36)/b14-9-/t13-,16-,21-,27-/m0/s1. The molecule has 4 rings (SSSR count). The Morgan fingerprint density at radius 2 is 1.89 bits per heavy atom. The van der Waals surface area contributed by atoms with Gasteiger partial charge in [-0.2, -0.15) is 0 Å². The first kappa shape index (κ1) is 26.4. The summed E-state index contributed by atoms with van der Waals surface area (Å²) in [5, 5.41) is 54.7. The largest absolute Gasteiger partial charge is 0.512 e. The van der Waals surface area contributed by atoms with E-state index in [0.29, 0.717) is 17.5 Å². The minimum absolute atomic E-state index is 0.00617. The zero-order valence-corrected chi connectivity index (χ0v) is 21.0. The maximum Gasteiger partial charge on any atom is 0.255 e. The van der Waals surface area contributed by atoms with Crippen LogP contribution in [0.2, 0.25) is 0 Å². The van der Waals surface area contributed by atoms with Crippen molar-refractivity contribution in [1.29, 1.82) is 0 Å². The minimum Gasteiger partial charge on any atom is -0.512 e. The molecule has 0 saturated heterocycles. The summed E-state index contributed by atoms with van der Waals surface area (Å²) in [7, 11) is 3.10. The first-order valence-electron chi connectivity index (χ1n) is 12.2. The van der Waals surface area contributed by atoms with Crippen LogP contribution < -0.4 is 5.73 Å². The molecule has 3 aliphatic carbocycles. The van der Waals surface area contributed by atoms with E-state index in [4.69, 9.17) is 5.73 Å². The Morgan fingerprint density at radius 3 is 2.49 bits per heavy atom. The van der Waals surface area contributed by atoms with Gasteiger partial charge in [-0.1, -0.05) is 19.4 Å². The molecule has 0 heterocycles. The molecular formula is C27H32N2O8. The molecule has 0 bridgehead atoms. The van der Waals surface area contributed by atoms with Crippen molar-refractivity contribution in [3.05, 3.63) is 51.5 Å². The zero-order valence-electron chi connectivity index (χ0n) is 21.0. The number of hydrogen-bond acceptors (Lipinski definition) is 9. The third-order valence-corrected chi connectivity index (χ3v) is 7.75. The number of amides is 1. The van der Waals surface area contributed by atoms with Crippen LogP contribution >= 0.6 is 0 Å². The van der Waals surface area contributed by atoms with E-state index < -0.39 is 58.0 Å². The van der Waals surface area contributed by atoms with Crippen molar-refractivity contribution in [2.45, 2.75) is 50.7 Å². The molecule has 1 aromatic rings. The quantitative estimate of drug-likeness (QED) is 0.245. The van der Waals surface area contributed by atoms with Gasteiger partial charge in [0.05, 0.1) is 17.4 Å². The molecular weight excluding hydrogens is 480 g/mol. The van der Waals surface area contributed by atoms with Gasteiger partial charge in [-0.15, -0.1) is 0 Å². The predicted octanol–water partition coefficient (Wildman–Crippen LogP) is 2.05. The van der Waals surface area contributed by atoms with Crippen LogP contribution in [0.3, 0.4) is 0 Å². The molecule has 198 valence electrons. The number of aliphatic hydroxyl groups excluding tert-OH is 3. The molecule has 1 fully saturated rings. The minimum atomic E-state index is -2.67. The summed E-state index contributed by atoms with van der Waals surface area (Å²) in [6, 6.07) is 1.80. The number of phenols is 1. The molecule has 0 spiro atoms. The number of carbonyl (C=O) groups is 3. The van der Waals surface area contributed by atoms with Crippen LogP contribution in [0.5, 0.6) is 5.75 Å². The summed E-state index contributed by atoms with van der Waals surface area (Å²) >= 11 is 0. The van der Waals surface area contributed by atoms with Crippen molar-refractivity contribution >= 4 is 29.3 Å². The number of allylic oxidation sites excluding steroid dienone is 1. The number of primary amides is 1. The number of fused-ring (bicyclic) bond motifs is 3. The number of rotatable bonds is 6. The number of ketones is 2. The Hall–Kier alpha value is -3.63. The fourth-order valence-electron chi connectivity index (χ4n) is 6.01. The molecule has 1 amide bonds. The molecule has 4 atom stereocenters. The number of nitrogens with zero attached hydrogens (tertiary/aromatic N) is 1. The summed E-state index contributed by atoms with van der Waals surface area (Å²) in [4.78, 5) is 40.4. The monoisotopic (exact) mass is 512 g/mol. The number of likely N-dealkylation sites (N-methyl/N-ethyl adjacent to an activating group) is 1. The lowest BCUT2D eigenvalue weighted by atomic mass is 9.57. The van der Waals surface area contributed by atoms with Crippen molar-refractivity contribution in [2.75, 3.05) is 14.1 Å². The van der Waals surface area contributed by atoms with E-state index in [2.05, 4.69) is 0 Å². The second-order valence-electron chi connectivity index (χ2n) is 10.2. The molecule has 7 N–H and O–H groups in total. The van der Waals surface area contributed by atoms with Gasteiger partial charge in [-0.3, -0.25) is 19.3 Å². The maximum atomic E-state index is 13.8. The predicted molar refractivity (Wildman–Crippen MR) is 134 cm³/mol. The normalized spacial score (nSPS) is 27.8. The maximum absolute atomic E-state index is 13.8. The van der Waals surface area contributed by atoms with Gasteiger partial charge >= 0.3 is 0 Å². The van der Waals surface area contributed by atoms with E-state index in [-0.39, 0.29) is 35.5 Å². The van der Waals surface area contributed by atoms with Gasteiger partial charge in [0.15, 0.2) is 11.4 Å². The Morgan fingerprint density at radius 1 is 1.22 bits per heavy atom. The highest BCUT2D eigenvalue weighted by molar-refractivity contribution is 6.24. The number of unbranched alkanes of at least 4 members (excludes halogenated alkanes) is 1. The number of aliphatic hydroxyl groups is 4. The van der Waals surface area contributed by atoms with Crippen LogP contribution in [-0.2, 0) is 20.8 Å². The topological polar surface area (TPSA) is 182 Å². The van der Waals surface area contributed by atoms with Gasteiger partial charge in [-0.05, 0) is 62.5 Å². The molecule has 10 heteroatoms. The second-order valence-corrected chi connectivity index (χ2v) is 10.2. The van der Waals surface area contributed by atoms with Crippen LogP contribution in [-0.4, -0.2) is 73.6 Å². The lowest BCUT2D eigenvalue weighted by Gasteiger charge is -2.50. The Kier molecular flexibility index (Phi) is 6.68. The van der Waals surface area contributed by atoms with Crippen molar-refractivity contribution < 1.29 is 39.9 Å². The number of carbonyl (C=O) groups excluding carboxylic acids is 3. The summed E-state index contributed by atoms with van der Waals surface area (Å²) < 4.78 is 0. The van der Waals surface area contributed by atoms with Gasteiger partial charge in [0, 0.05) is 17.9 Å². The van der Waals surface area contributed by atoms with Crippen LogP contribution in [0.15, 0.2) is 34.8 Å². The van der Waals surface area contributed by atoms with E-state index >= 15 is 0 Å². The fraction of sp³-hybridized carbons (Fsp3) is 0.444. The molecule has 37 heavy (non-hydrogen) atoms. The van der Waals surface area contributed by atoms with E-state index in [0.717, 1.165) is 12.8 Å². The average molecular weight is 513 g/mol. The number of phenolic OH excluding ortho intramolecular Hbond substituents is 1. The Bertz CT molecular complexity index is 1290. The summed E-state index contributed by atoms with van der Waals surface area (Å²) in [5.74, 6) is -6.78. The Balaban J connectivity index is 1.92. The lowest BCUT2D eigenvalue weighted by Crippen LogP contribution is -2.65. The number of Topliss-reactive ketones (excluding diaryl/α,β-unsaturated/α-hetero) is 2. The lowest BCUT2D eigenvalue weighted by molar-refractivity contribution is -0.153. The van der Waals surface area contributed by atoms with E-state index in [1.54, 1.807) is 26.2 Å². The summed E-state index contributed by atoms with van der Waals surface area (Å²) in [6.45, 7) is 2.00. The van der Waals surface area contributed by atoms with Crippen LogP contribution in [0.25, 0.3) is 11.8 Å². The average Bonchev–Trinajstić information content (AvgIpc) is 2.81. The van der Waals surface area contributed by atoms with Gasteiger partial charge in [-0.25, -0.2) is 0 Å². The van der Waals surface area contributed by atoms with Gasteiger partial charge in [0.25, 0.3) is 5.91 Å². The van der Waals surface area contributed by atoms with Crippen molar-refractivity contribution in [3.8, 4) is 5.75 Å². The van der Waals surface area contributed by atoms with Crippen LogP contribution in [0.1, 0.15) is 49.3 Å². The van der Waals surface area contributed by atoms with Gasteiger partial charge in [0.2, 0.25) is 5.78 Å². The molecule has 1 saturated carbocycles. The second kappa shape index (κ2) is 9.35. The fourth-order valence-corrected chi connectivity index (χ4v) is 6.01. The third kappa shape index (κ3) is 3.91. The number of nitrogens with two attached hydrogens (primary N) is 1. The van der Waals surface area contributed by atoms with E-state index in [1.807, 2.05) is 6.92 Å². The van der Waals surface area contributed by atoms with Crippen molar-refractivity contribution in [3.63, 3.8) is 0 Å². The third-order valence-electron chi connectivity index (χ3n) is 7.75. The number of aromatic hydroxyl groups is 1. The van der Waals surface area contributed by atoms with E-state index in [1.165, 1.54) is 11.0 Å². The molecule has 3 aliphatic rings. The highest BCUT2D eigenvalue weighted by atomic mass is 16.3. The van der Waals surface area contributed by atoms with Gasteiger partial charge in [0.1, 0.15) is 22.8 Å². The Labute approximate surface area is 214 Å². The number of hydrogen-bond donors (Lipinski definition) is 6. The highest BCUT2D eigenvalue weighted by Gasteiger charge is 2.64. The van der Waals surface area contributed by atoms with Crippen molar-refractivity contribution in [1.82, 2.24) is 4.90 Å². The number of benzene rings is 1. The highest BCUT2D eigenvalue weighted by Crippen LogP contribution is 2.53. The SMILES string of the molecule is CCCC/C(O)=C/c1ccc(O)c2c1C[C@H]1C[C@H]3[C@H](N(C)C)C(=O)C(C(N)=O)=C(O)[C@@]3(O)C(=O)C1=C2O. The van der Waals surface area contributed by atoms with Gasteiger partial charge < -0.3 is 31.3 Å². The molecule has 0 aliphatic heterocycles. The first-order valence-corrected chi connectivity index (χ1v) is 12.2. The summed E-state index contributed by atoms with van der Waals surface area (Å²) in [5.41, 5.74) is 2.66.